The summed E-state index contributed by atoms with van der Waals surface area (Å²) in [7, 11) is 1.17. The standard InChI is InChI=1S/C10H11F3N2O3/c1-17-9(16)7(14)5-18-8-3-2-6(4-15-8)10(11,12)13/h2-4,7H,5,14H2,1H3. The minimum Gasteiger partial charge on any atom is -0.475 e. The smallest absolute Gasteiger partial charge is 0.417 e. The Labute approximate surface area is 101 Å². The van der Waals surface area contributed by atoms with Crippen LogP contribution in [0.25, 0.3) is 0 Å². The molecule has 0 aliphatic carbocycles. The van der Waals surface area contributed by atoms with E-state index >= 15 is 0 Å². The molecule has 1 aromatic heterocycles. The van der Waals surface area contributed by atoms with E-state index in [1.165, 1.54) is 7.11 Å². The summed E-state index contributed by atoms with van der Waals surface area (Å²) in [4.78, 5) is 14.4. The number of ether oxygens (including phenoxy) is 2. The van der Waals surface area contributed by atoms with Crippen molar-refractivity contribution in [2.45, 2.75) is 12.2 Å². The maximum atomic E-state index is 12.2. The van der Waals surface area contributed by atoms with Gasteiger partial charge in [0.1, 0.15) is 12.6 Å². The van der Waals surface area contributed by atoms with E-state index in [4.69, 9.17) is 10.5 Å². The van der Waals surface area contributed by atoms with Crippen LogP contribution in [0.2, 0.25) is 0 Å². The van der Waals surface area contributed by atoms with Gasteiger partial charge in [-0.2, -0.15) is 13.2 Å². The van der Waals surface area contributed by atoms with E-state index in [9.17, 15) is 18.0 Å². The van der Waals surface area contributed by atoms with Crippen molar-refractivity contribution >= 4 is 5.97 Å². The Hall–Kier alpha value is -1.83. The third-order valence-corrected chi connectivity index (χ3v) is 1.98. The largest absolute Gasteiger partial charge is 0.475 e. The predicted octanol–water partition coefficient (Wildman–Crippen LogP) is 0.979. The summed E-state index contributed by atoms with van der Waals surface area (Å²) < 4.78 is 46.0. The number of nitrogens with zero attached hydrogens (tertiary/aromatic N) is 1. The number of rotatable bonds is 4. The number of carbonyl (C=O) groups is 1. The Balaban J connectivity index is 2.57. The lowest BCUT2D eigenvalue weighted by Gasteiger charge is -2.11. The van der Waals surface area contributed by atoms with Gasteiger partial charge in [0.05, 0.1) is 12.7 Å². The van der Waals surface area contributed by atoms with Gasteiger partial charge in [-0.05, 0) is 6.07 Å². The molecule has 1 aromatic rings. The Kier molecular flexibility index (Phi) is 4.49. The molecule has 18 heavy (non-hydrogen) atoms. The molecule has 0 amide bonds. The zero-order valence-corrected chi connectivity index (χ0v) is 9.40. The van der Waals surface area contributed by atoms with Crippen molar-refractivity contribution in [2.75, 3.05) is 13.7 Å². The van der Waals surface area contributed by atoms with Crippen LogP contribution in [-0.4, -0.2) is 30.7 Å². The quantitative estimate of drug-likeness (QED) is 0.820. The number of carbonyl (C=O) groups excluding carboxylic acids is 1. The summed E-state index contributed by atoms with van der Waals surface area (Å²) in [6.45, 7) is -0.231. The van der Waals surface area contributed by atoms with Crippen LogP contribution in [0, 0.1) is 0 Å². The third kappa shape index (κ3) is 3.88. The Morgan fingerprint density at radius 3 is 2.61 bits per heavy atom. The molecule has 0 radical (unpaired) electrons. The van der Waals surface area contributed by atoms with Crippen LogP contribution < -0.4 is 10.5 Å². The van der Waals surface area contributed by atoms with Crippen molar-refractivity contribution in [3.05, 3.63) is 23.9 Å². The first-order chi connectivity index (χ1) is 8.34. The zero-order valence-electron chi connectivity index (χ0n) is 9.40. The normalized spacial score (nSPS) is 12.9. The number of hydrogen-bond acceptors (Lipinski definition) is 5. The van der Waals surface area contributed by atoms with E-state index in [1.54, 1.807) is 0 Å². The van der Waals surface area contributed by atoms with Crippen molar-refractivity contribution in [1.29, 1.82) is 0 Å². The lowest BCUT2D eigenvalue weighted by molar-refractivity contribution is -0.142. The van der Waals surface area contributed by atoms with Crippen LogP contribution in [0.5, 0.6) is 5.88 Å². The molecular formula is C10H11F3N2O3. The highest BCUT2D eigenvalue weighted by Crippen LogP contribution is 2.29. The van der Waals surface area contributed by atoms with Crippen molar-refractivity contribution in [3.63, 3.8) is 0 Å². The lowest BCUT2D eigenvalue weighted by atomic mass is 10.3. The summed E-state index contributed by atoms with van der Waals surface area (Å²) >= 11 is 0. The number of nitrogens with two attached hydrogens (primary N) is 1. The van der Waals surface area contributed by atoms with Gasteiger partial charge in [0.2, 0.25) is 5.88 Å². The molecule has 0 aliphatic rings. The van der Waals surface area contributed by atoms with E-state index in [2.05, 4.69) is 9.72 Å². The molecule has 0 aromatic carbocycles. The Morgan fingerprint density at radius 1 is 1.50 bits per heavy atom. The number of hydrogen-bond donors (Lipinski definition) is 1. The molecule has 2 N–H and O–H groups in total. The third-order valence-electron chi connectivity index (χ3n) is 1.98. The first-order valence-electron chi connectivity index (χ1n) is 4.84. The predicted molar refractivity (Wildman–Crippen MR) is 54.7 cm³/mol. The van der Waals surface area contributed by atoms with E-state index in [0.29, 0.717) is 6.20 Å². The highest BCUT2D eigenvalue weighted by Gasteiger charge is 2.30. The molecule has 0 saturated heterocycles. The lowest BCUT2D eigenvalue weighted by Crippen LogP contribution is -2.37. The molecule has 0 saturated carbocycles. The van der Waals surface area contributed by atoms with Crippen molar-refractivity contribution in [2.24, 2.45) is 5.73 Å². The van der Waals surface area contributed by atoms with Gasteiger partial charge in [-0.1, -0.05) is 0 Å². The first-order valence-corrected chi connectivity index (χ1v) is 4.84. The summed E-state index contributed by atoms with van der Waals surface area (Å²) in [5, 5.41) is 0. The number of aromatic nitrogens is 1. The zero-order chi connectivity index (χ0) is 13.8. The van der Waals surface area contributed by atoms with E-state index < -0.39 is 23.8 Å². The van der Waals surface area contributed by atoms with E-state index in [0.717, 1.165) is 12.1 Å². The molecule has 1 unspecified atom stereocenters. The van der Waals surface area contributed by atoms with Gasteiger partial charge in [-0.25, -0.2) is 4.98 Å². The number of pyridine rings is 1. The summed E-state index contributed by atoms with van der Waals surface area (Å²) in [6.07, 6.45) is -3.81. The number of esters is 1. The maximum Gasteiger partial charge on any atom is 0.417 e. The average Bonchev–Trinajstić information content (AvgIpc) is 2.34. The fourth-order valence-corrected chi connectivity index (χ4v) is 1.03. The second-order valence-corrected chi connectivity index (χ2v) is 3.32. The summed E-state index contributed by atoms with van der Waals surface area (Å²) in [5.74, 6) is -0.732. The van der Waals surface area contributed by atoms with Gasteiger partial charge < -0.3 is 15.2 Å². The van der Waals surface area contributed by atoms with Gasteiger partial charge in [0, 0.05) is 12.3 Å². The van der Waals surface area contributed by atoms with Crippen molar-refractivity contribution in [1.82, 2.24) is 4.98 Å². The highest BCUT2D eigenvalue weighted by molar-refractivity contribution is 5.75. The molecule has 5 nitrogen and oxygen atoms in total. The minimum absolute atomic E-state index is 0.0534. The Morgan fingerprint density at radius 2 is 2.17 bits per heavy atom. The topological polar surface area (TPSA) is 74.4 Å². The van der Waals surface area contributed by atoms with E-state index in [-0.39, 0.29) is 12.5 Å². The second kappa shape index (κ2) is 5.67. The number of halogens is 3. The summed E-state index contributed by atoms with van der Waals surface area (Å²) in [5.41, 5.74) is 4.49. The first kappa shape index (κ1) is 14.2. The number of methoxy groups -OCH3 is 1. The van der Waals surface area contributed by atoms with Crippen molar-refractivity contribution in [3.8, 4) is 5.88 Å². The van der Waals surface area contributed by atoms with Gasteiger partial charge in [0.15, 0.2) is 0 Å². The molecule has 0 spiro atoms. The van der Waals surface area contributed by atoms with Crippen LogP contribution in [0.3, 0.4) is 0 Å². The van der Waals surface area contributed by atoms with Crippen molar-refractivity contribution < 1.29 is 27.4 Å². The second-order valence-electron chi connectivity index (χ2n) is 3.32. The fourth-order valence-electron chi connectivity index (χ4n) is 1.03. The molecule has 100 valence electrons. The highest BCUT2D eigenvalue weighted by atomic mass is 19.4. The molecule has 1 heterocycles. The molecule has 1 rings (SSSR count). The van der Waals surface area contributed by atoms with Gasteiger partial charge in [-0.15, -0.1) is 0 Å². The molecule has 1 atom stereocenters. The van der Waals surface area contributed by atoms with Gasteiger partial charge in [0.25, 0.3) is 0 Å². The fraction of sp³-hybridized carbons (Fsp3) is 0.400. The average molecular weight is 264 g/mol. The number of alkyl halides is 3. The van der Waals surface area contributed by atoms with E-state index in [1.807, 2.05) is 0 Å². The minimum atomic E-state index is -4.45. The van der Waals surface area contributed by atoms with Crippen LogP contribution in [0.4, 0.5) is 13.2 Å². The summed E-state index contributed by atoms with van der Waals surface area (Å²) in [6, 6.07) is 0.859. The van der Waals surface area contributed by atoms with Gasteiger partial charge in [-0.3, -0.25) is 4.79 Å². The monoisotopic (exact) mass is 264 g/mol. The van der Waals surface area contributed by atoms with Crippen LogP contribution in [0.1, 0.15) is 5.56 Å². The van der Waals surface area contributed by atoms with Crippen LogP contribution >= 0.6 is 0 Å². The van der Waals surface area contributed by atoms with Gasteiger partial charge >= 0.3 is 12.1 Å². The maximum absolute atomic E-state index is 12.2. The van der Waals surface area contributed by atoms with Crippen LogP contribution in [0.15, 0.2) is 18.3 Å². The molecule has 0 bridgehead atoms. The SMILES string of the molecule is COC(=O)C(N)COc1ccc(C(F)(F)F)cn1. The molecular weight excluding hydrogens is 253 g/mol. The molecule has 8 heteroatoms. The molecule has 0 aliphatic heterocycles. The van der Waals surface area contributed by atoms with Crippen LogP contribution in [-0.2, 0) is 15.7 Å². The molecule has 0 fully saturated rings. The Bertz CT molecular complexity index is 406.